The molecule has 2 heteroatoms. The maximum absolute atomic E-state index is 10.0. The molecule has 0 unspecified atom stereocenters. The average molecular weight is 270 g/mol. The van der Waals surface area contributed by atoms with Crippen molar-refractivity contribution in [2.24, 2.45) is 16.7 Å². The van der Waals surface area contributed by atoms with E-state index in [1.54, 1.807) is 0 Å². The first-order valence-electron chi connectivity index (χ1n) is 7.94. The predicted octanol–water partition coefficient (Wildman–Crippen LogP) is 4.14. The zero-order valence-corrected chi connectivity index (χ0v) is 13.6. The molecule has 0 aromatic rings. The molecular formula is C17H34O2. The highest BCUT2D eigenvalue weighted by Crippen LogP contribution is 2.55. The highest BCUT2D eigenvalue weighted by Gasteiger charge is 2.45. The Morgan fingerprint density at radius 3 is 2.32 bits per heavy atom. The predicted molar refractivity (Wildman–Crippen MR) is 81.1 cm³/mol. The molecule has 1 aliphatic carbocycles. The van der Waals surface area contributed by atoms with E-state index in [9.17, 15) is 5.11 Å². The Hall–Kier alpha value is -0.0800. The molecule has 1 saturated carbocycles. The molecule has 1 aliphatic rings. The Labute approximate surface area is 119 Å². The molecule has 1 rings (SSSR count). The molecular weight excluding hydrogens is 236 g/mol. The van der Waals surface area contributed by atoms with Gasteiger partial charge in [-0.3, -0.25) is 0 Å². The van der Waals surface area contributed by atoms with E-state index in [-0.39, 0.29) is 0 Å². The van der Waals surface area contributed by atoms with Crippen LogP contribution in [0.1, 0.15) is 79.6 Å². The van der Waals surface area contributed by atoms with Gasteiger partial charge in [-0.15, -0.1) is 0 Å². The molecule has 2 atom stereocenters. The number of hydrogen-bond donors (Lipinski definition) is 2. The van der Waals surface area contributed by atoms with Crippen molar-refractivity contribution in [1.29, 1.82) is 0 Å². The largest absolute Gasteiger partial charge is 0.396 e. The van der Waals surface area contributed by atoms with Crippen LogP contribution in [0.4, 0.5) is 0 Å². The quantitative estimate of drug-likeness (QED) is 0.761. The van der Waals surface area contributed by atoms with Crippen LogP contribution in [0.3, 0.4) is 0 Å². The summed E-state index contributed by atoms with van der Waals surface area (Å²) < 4.78 is 0. The molecule has 0 aromatic carbocycles. The summed E-state index contributed by atoms with van der Waals surface area (Å²) in [6.45, 7) is 11.3. The van der Waals surface area contributed by atoms with Crippen molar-refractivity contribution < 1.29 is 10.2 Å². The van der Waals surface area contributed by atoms with Crippen LogP contribution < -0.4 is 0 Å². The van der Waals surface area contributed by atoms with Crippen LogP contribution >= 0.6 is 0 Å². The Kier molecular flexibility index (Phi) is 5.48. The van der Waals surface area contributed by atoms with Crippen molar-refractivity contribution in [2.45, 2.75) is 85.2 Å². The van der Waals surface area contributed by atoms with Crippen molar-refractivity contribution in [3.63, 3.8) is 0 Å². The Morgan fingerprint density at radius 2 is 1.79 bits per heavy atom. The molecule has 0 spiro atoms. The monoisotopic (exact) mass is 270 g/mol. The maximum atomic E-state index is 10.0. The van der Waals surface area contributed by atoms with Gasteiger partial charge in [-0.25, -0.2) is 0 Å². The fraction of sp³-hybridized carbons (Fsp3) is 1.00. The second-order valence-corrected chi connectivity index (χ2v) is 8.23. The first-order valence-corrected chi connectivity index (χ1v) is 7.94. The summed E-state index contributed by atoms with van der Waals surface area (Å²) in [5.74, 6) is 0.645. The lowest BCUT2D eigenvalue weighted by Gasteiger charge is -2.52. The highest BCUT2D eigenvalue weighted by atomic mass is 16.3. The molecule has 2 N–H and O–H groups in total. The lowest BCUT2D eigenvalue weighted by atomic mass is 9.53. The van der Waals surface area contributed by atoms with Crippen molar-refractivity contribution in [3.8, 4) is 0 Å². The van der Waals surface area contributed by atoms with Crippen LogP contribution in [-0.2, 0) is 0 Å². The molecule has 0 amide bonds. The third kappa shape index (κ3) is 4.75. The molecule has 0 aliphatic heterocycles. The molecule has 114 valence electrons. The van der Waals surface area contributed by atoms with E-state index in [0.717, 1.165) is 25.7 Å². The topological polar surface area (TPSA) is 40.5 Å². The number of rotatable bonds is 6. The Balaban J connectivity index is 2.81. The highest BCUT2D eigenvalue weighted by molar-refractivity contribution is 4.96. The summed E-state index contributed by atoms with van der Waals surface area (Å²) in [6.07, 6.45) is 7.85. The Bertz CT molecular complexity index is 277. The van der Waals surface area contributed by atoms with E-state index in [0.29, 0.717) is 23.4 Å². The van der Waals surface area contributed by atoms with Crippen molar-refractivity contribution in [2.75, 3.05) is 6.61 Å². The minimum absolute atomic E-state index is 0.300. The number of aliphatic hydroxyl groups excluding tert-OH is 1. The molecule has 19 heavy (non-hydrogen) atoms. The SMILES string of the molecule is CC(C)(O)CC[C@H]1C(C)(C)CCC[C@]1(C)CCCO. The van der Waals surface area contributed by atoms with E-state index in [2.05, 4.69) is 20.8 Å². The minimum Gasteiger partial charge on any atom is -0.396 e. The summed E-state index contributed by atoms with van der Waals surface area (Å²) in [7, 11) is 0. The molecule has 0 heterocycles. The van der Waals surface area contributed by atoms with Gasteiger partial charge in [0.15, 0.2) is 0 Å². The normalized spacial score (nSPS) is 31.4. The summed E-state index contributed by atoms with van der Waals surface area (Å²) in [5, 5.41) is 19.2. The number of hydrogen-bond acceptors (Lipinski definition) is 2. The van der Waals surface area contributed by atoms with Crippen molar-refractivity contribution in [1.82, 2.24) is 0 Å². The molecule has 0 radical (unpaired) electrons. The lowest BCUT2D eigenvalue weighted by Crippen LogP contribution is -2.43. The van der Waals surface area contributed by atoms with Gasteiger partial charge >= 0.3 is 0 Å². The Morgan fingerprint density at radius 1 is 1.16 bits per heavy atom. The first-order chi connectivity index (χ1) is 8.61. The second-order valence-electron chi connectivity index (χ2n) is 8.23. The first kappa shape index (κ1) is 17.0. The summed E-state index contributed by atoms with van der Waals surface area (Å²) in [6, 6.07) is 0. The van der Waals surface area contributed by atoms with Gasteiger partial charge < -0.3 is 10.2 Å². The van der Waals surface area contributed by atoms with Crippen molar-refractivity contribution in [3.05, 3.63) is 0 Å². The molecule has 0 aromatic heterocycles. The fourth-order valence-electron chi connectivity index (χ4n) is 4.26. The lowest BCUT2D eigenvalue weighted by molar-refractivity contribution is -0.0315. The number of aliphatic hydroxyl groups is 2. The summed E-state index contributed by atoms with van der Waals surface area (Å²) in [5.41, 5.74) is 0.120. The van der Waals surface area contributed by atoms with E-state index >= 15 is 0 Å². The van der Waals surface area contributed by atoms with Crippen LogP contribution in [0.5, 0.6) is 0 Å². The van der Waals surface area contributed by atoms with E-state index in [1.165, 1.54) is 19.3 Å². The van der Waals surface area contributed by atoms with Gasteiger partial charge in [-0.2, -0.15) is 0 Å². The van der Waals surface area contributed by atoms with Crippen LogP contribution in [0.25, 0.3) is 0 Å². The van der Waals surface area contributed by atoms with Crippen LogP contribution in [0.15, 0.2) is 0 Å². The van der Waals surface area contributed by atoms with Crippen LogP contribution in [0.2, 0.25) is 0 Å². The summed E-state index contributed by atoms with van der Waals surface area (Å²) in [4.78, 5) is 0. The smallest absolute Gasteiger partial charge is 0.0591 e. The van der Waals surface area contributed by atoms with Gasteiger partial charge in [0.05, 0.1) is 5.60 Å². The maximum Gasteiger partial charge on any atom is 0.0591 e. The average Bonchev–Trinajstić information content (AvgIpc) is 2.23. The second kappa shape index (κ2) is 6.13. The van der Waals surface area contributed by atoms with E-state index in [1.807, 2.05) is 13.8 Å². The molecule has 0 saturated heterocycles. The minimum atomic E-state index is -0.564. The fourth-order valence-corrected chi connectivity index (χ4v) is 4.26. The summed E-state index contributed by atoms with van der Waals surface area (Å²) >= 11 is 0. The van der Waals surface area contributed by atoms with Gasteiger partial charge in [0.1, 0.15) is 0 Å². The van der Waals surface area contributed by atoms with Crippen molar-refractivity contribution >= 4 is 0 Å². The van der Waals surface area contributed by atoms with Gasteiger partial charge in [-0.05, 0) is 69.1 Å². The van der Waals surface area contributed by atoms with Gasteiger partial charge in [0.25, 0.3) is 0 Å². The van der Waals surface area contributed by atoms with Crippen LogP contribution in [0, 0.1) is 16.7 Å². The molecule has 0 bridgehead atoms. The molecule has 1 fully saturated rings. The van der Waals surface area contributed by atoms with E-state index < -0.39 is 5.60 Å². The zero-order chi connectivity index (χ0) is 14.7. The zero-order valence-electron chi connectivity index (χ0n) is 13.6. The molecule has 2 nitrogen and oxygen atoms in total. The van der Waals surface area contributed by atoms with Gasteiger partial charge in [-0.1, -0.05) is 27.2 Å². The standard InChI is InChI=1S/C17H34O2/c1-15(2)9-6-10-17(5,11-7-13-18)14(15)8-12-16(3,4)19/h14,18-19H,6-13H2,1-5H3/t14-,17+/m0/s1. The van der Waals surface area contributed by atoms with Gasteiger partial charge in [0.2, 0.25) is 0 Å². The van der Waals surface area contributed by atoms with Crippen LogP contribution in [-0.4, -0.2) is 22.4 Å². The van der Waals surface area contributed by atoms with E-state index in [4.69, 9.17) is 5.11 Å². The van der Waals surface area contributed by atoms with Gasteiger partial charge in [0, 0.05) is 6.61 Å². The third-order valence-corrected chi connectivity index (χ3v) is 5.30. The third-order valence-electron chi connectivity index (χ3n) is 5.30.